The van der Waals surface area contributed by atoms with Crippen LogP contribution >= 0.6 is 0 Å². The SMILES string of the molecule is CC(C)(C)OC(=O)N1CC2C(CN)[C@@H]2C1. The van der Waals surface area contributed by atoms with E-state index in [1.807, 2.05) is 25.7 Å². The molecule has 4 heteroatoms. The van der Waals surface area contributed by atoms with Gasteiger partial charge in [-0.25, -0.2) is 4.79 Å². The number of carbonyl (C=O) groups is 1. The first-order valence-corrected chi connectivity index (χ1v) is 5.60. The largest absolute Gasteiger partial charge is 0.444 e. The number of piperidine rings is 1. The third-order valence-electron chi connectivity index (χ3n) is 3.30. The van der Waals surface area contributed by atoms with Gasteiger partial charge in [0.2, 0.25) is 0 Å². The van der Waals surface area contributed by atoms with Gasteiger partial charge in [-0.15, -0.1) is 0 Å². The third-order valence-corrected chi connectivity index (χ3v) is 3.30. The van der Waals surface area contributed by atoms with Crippen molar-refractivity contribution in [3.8, 4) is 0 Å². The molecule has 0 spiro atoms. The van der Waals surface area contributed by atoms with Crippen molar-refractivity contribution in [1.29, 1.82) is 0 Å². The van der Waals surface area contributed by atoms with Gasteiger partial charge in [-0.1, -0.05) is 0 Å². The lowest BCUT2D eigenvalue weighted by Gasteiger charge is -2.25. The van der Waals surface area contributed by atoms with Crippen molar-refractivity contribution in [3.63, 3.8) is 0 Å². The number of fused-ring (bicyclic) bond motifs is 1. The molecule has 1 saturated heterocycles. The number of carbonyl (C=O) groups excluding carboxylic acids is 1. The maximum atomic E-state index is 11.7. The predicted molar refractivity (Wildman–Crippen MR) is 57.3 cm³/mol. The average Bonchev–Trinajstić information content (AvgIpc) is 2.54. The summed E-state index contributed by atoms with van der Waals surface area (Å²) in [4.78, 5) is 13.5. The van der Waals surface area contributed by atoms with E-state index < -0.39 is 5.60 Å². The highest BCUT2D eigenvalue weighted by Crippen LogP contribution is 2.51. The van der Waals surface area contributed by atoms with Gasteiger partial charge >= 0.3 is 6.09 Å². The maximum Gasteiger partial charge on any atom is 0.410 e. The Morgan fingerprint density at radius 3 is 2.33 bits per heavy atom. The molecule has 1 amide bonds. The second-order valence-corrected chi connectivity index (χ2v) is 5.61. The second kappa shape index (κ2) is 3.37. The van der Waals surface area contributed by atoms with Crippen LogP contribution in [0.3, 0.4) is 0 Å². The van der Waals surface area contributed by atoms with Gasteiger partial charge in [0.25, 0.3) is 0 Å². The van der Waals surface area contributed by atoms with Crippen molar-refractivity contribution < 1.29 is 9.53 Å². The van der Waals surface area contributed by atoms with E-state index in [1.54, 1.807) is 0 Å². The van der Waals surface area contributed by atoms with Crippen LogP contribution in [-0.4, -0.2) is 36.2 Å². The van der Waals surface area contributed by atoms with Crippen molar-refractivity contribution in [3.05, 3.63) is 0 Å². The molecule has 3 atom stereocenters. The van der Waals surface area contributed by atoms with Crippen molar-refractivity contribution in [1.82, 2.24) is 4.90 Å². The minimum atomic E-state index is -0.392. The number of rotatable bonds is 1. The summed E-state index contributed by atoms with van der Waals surface area (Å²) in [6.07, 6.45) is -0.175. The summed E-state index contributed by atoms with van der Waals surface area (Å²) < 4.78 is 5.32. The molecule has 1 heterocycles. The van der Waals surface area contributed by atoms with Crippen LogP contribution < -0.4 is 5.73 Å². The smallest absolute Gasteiger partial charge is 0.410 e. The van der Waals surface area contributed by atoms with Gasteiger partial charge in [0.05, 0.1) is 0 Å². The standard InChI is InChI=1S/C11H20N2O2/c1-11(2,3)15-10(14)13-5-8-7(4-12)9(8)6-13/h7-9H,4-6,12H2,1-3H3/t7?,8-,9?/m0/s1. The highest BCUT2D eigenvalue weighted by Gasteiger charge is 2.56. The molecule has 1 saturated carbocycles. The summed E-state index contributed by atoms with van der Waals surface area (Å²) in [7, 11) is 0. The van der Waals surface area contributed by atoms with Gasteiger partial charge in [0, 0.05) is 13.1 Å². The highest BCUT2D eigenvalue weighted by molar-refractivity contribution is 5.68. The van der Waals surface area contributed by atoms with Gasteiger partial charge in [0.15, 0.2) is 0 Å². The Balaban J connectivity index is 1.82. The molecule has 0 aromatic rings. The lowest BCUT2D eigenvalue weighted by molar-refractivity contribution is 0.0266. The summed E-state index contributed by atoms with van der Waals surface area (Å²) in [5.41, 5.74) is 5.22. The molecular formula is C11H20N2O2. The molecule has 86 valence electrons. The first-order chi connectivity index (χ1) is 6.92. The van der Waals surface area contributed by atoms with E-state index >= 15 is 0 Å². The van der Waals surface area contributed by atoms with Crippen LogP contribution in [0.1, 0.15) is 20.8 Å². The minimum absolute atomic E-state index is 0.175. The molecule has 0 aromatic carbocycles. The average molecular weight is 212 g/mol. The Kier molecular flexibility index (Phi) is 2.41. The van der Waals surface area contributed by atoms with Crippen LogP contribution in [0, 0.1) is 17.8 Å². The number of hydrogen-bond donors (Lipinski definition) is 1. The van der Waals surface area contributed by atoms with E-state index in [0.29, 0.717) is 17.8 Å². The van der Waals surface area contributed by atoms with E-state index in [-0.39, 0.29) is 6.09 Å². The summed E-state index contributed by atoms with van der Waals surface area (Å²) in [6, 6.07) is 0. The lowest BCUT2D eigenvalue weighted by Crippen LogP contribution is -2.37. The normalized spacial score (nSPS) is 33.9. The van der Waals surface area contributed by atoms with Gasteiger partial charge in [-0.3, -0.25) is 0 Å². The lowest BCUT2D eigenvalue weighted by atomic mass is 10.2. The van der Waals surface area contributed by atoms with Gasteiger partial charge < -0.3 is 15.4 Å². The number of nitrogens with zero attached hydrogens (tertiary/aromatic N) is 1. The van der Waals surface area contributed by atoms with Crippen molar-refractivity contribution in [2.24, 2.45) is 23.5 Å². The Bertz CT molecular complexity index is 260. The molecule has 2 unspecified atom stereocenters. The maximum absolute atomic E-state index is 11.7. The first kappa shape index (κ1) is 10.7. The molecule has 2 rings (SSSR count). The Morgan fingerprint density at radius 1 is 1.40 bits per heavy atom. The zero-order valence-electron chi connectivity index (χ0n) is 9.69. The van der Waals surface area contributed by atoms with Gasteiger partial charge in [-0.2, -0.15) is 0 Å². The van der Waals surface area contributed by atoms with E-state index in [1.165, 1.54) is 0 Å². The fourth-order valence-corrected chi connectivity index (χ4v) is 2.47. The van der Waals surface area contributed by atoms with Crippen molar-refractivity contribution >= 4 is 6.09 Å². The Hall–Kier alpha value is -0.770. The van der Waals surface area contributed by atoms with Crippen LogP contribution in [-0.2, 0) is 4.74 Å². The molecule has 4 nitrogen and oxygen atoms in total. The Labute approximate surface area is 90.8 Å². The summed E-state index contributed by atoms with van der Waals surface area (Å²) >= 11 is 0. The molecule has 15 heavy (non-hydrogen) atoms. The number of hydrogen-bond acceptors (Lipinski definition) is 3. The summed E-state index contributed by atoms with van der Waals surface area (Å²) in [6.45, 7) is 8.11. The summed E-state index contributed by atoms with van der Waals surface area (Å²) in [5, 5.41) is 0. The molecule has 0 aromatic heterocycles. The molecule has 1 aliphatic heterocycles. The van der Waals surface area contributed by atoms with E-state index in [9.17, 15) is 4.79 Å². The van der Waals surface area contributed by atoms with Gasteiger partial charge in [-0.05, 0) is 45.1 Å². The fraction of sp³-hybridized carbons (Fsp3) is 0.909. The number of nitrogens with two attached hydrogens (primary N) is 1. The van der Waals surface area contributed by atoms with E-state index in [0.717, 1.165) is 19.6 Å². The second-order valence-electron chi connectivity index (χ2n) is 5.61. The molecule has 0 radical (unpaired) electrons. The van der Waals surface area contributed by atoms with Crippen molar-refractivity contribution in [2.45, 2.75) is 26.4 Å². The van der Waals surface area contributed by atoms with E-state index in [4.69, 9.17) is 10.5 Å². The molecule has 0 bridgehead atoms. The summed E-state index contributed by atoms with van der Waals surface area (Å²) in [5.74, 6) is 1.94. The number of amides is 1. The van der Waals surface area contributed by atoms with Gasteiger partial charge in [0.1, 0.15) is 5.60 Å². The van der Waals surface area contributed by atoms with Crippen LogP contribution in [0.2, 0.25) is 0 Å². The number of likely N-dealkylation sites (tertiary alicyclic amines) is 1. The molecular weight excluding hydrogens is 192 g/mol. The van der Waals surface area contributed by atoms with Crippen LogP contribution in [0.25, 0.3) is 0 Å². The highest BCUT2D eigenvalue weighted by atomic mass is 16.6. The van der Waals surface area contributed by atoms with Crippen LogP contribution in [0.4, 0.5) is 4.79 Å². The molecule has 2 N–H and O–H groups in total. The minimum Gasteiger partial charge on any atom is -0.444 e. The molecule has 2 fully saturated rings. The first-order valence-electron chi connectivity index (χ1n) is 5.60. The molecule has 1 aliphatic carbocycles. The predicted octanol–water partition coefficient (Wildman–Crippen LogP) is 1.06. The van der Waals surface area contributed by atoms with E-state index in [2.05, 4.69) is 0 Å². The fourth-order valence-electron chi connectivity index (χ4n) is 2.47. The number of ether oxygens (including phenoxy) is 1. The molecule has 2 aliphatic rings. The van der Waals surface area contributed by atoms with Crippen LogP contribution in [0.15, 0.2) is 0 Å². The third kappa shape index (κ3) is 2.09. The monoisotopic (exact) mass is 212 g/mol. The van der Waals surface area contributed by atoms with Crippen LogP contribution in [0.5, 0.6) is 0 Å². The Morgan fingerprint density at radius 2 is 1.93 bits per heavy atom. The topological polar surface area (TPSA) is 55.6 Å². The quantitative estimate of drug-likeness (QED) is 0.707. The zero-order chi connectivity index (χ0) is 11.2. The van der Waals surface area contributed by atoms with Crippen molar-refractivity contribution in [2.75, 3.05) is 19.6 Å². The zero-order valence-corrected chi connectivity index (χ0v) is 9.69.